The maximum absolute atomic E-state index is 13.7. The highest BCUT2D eigenvalue weighted by Gasteiger charge is 2.21. The summed E-state index contributed by atoms with van der Waals surface area (Å²) in [6.45, 7) is 5.66. The Balaban J connectivity index is 1.77. The predicted octanol–water partition coefficient (Wildman–Crippen LogP) is 4.00. The van der Waals surface area contributed by atoms with Crippen LogP contribution in [0.3, 0.4) is 0 Å². The molecule has 2 aromatic carbocycles. The maximum atomic E-state index is 13.7. The Morgan fingerprint density at radius 2 is 1.59 bits per heavy atom. The van der Waals surface area contributed by atoms with Crippen molar-refractivity contribution >= 4 is 33.2 Å². The van der Waals surface area contributed by atoms with Crippen molar-refractivity contribution in [1.82, 2.24) is 24.1 Å². The maximum Gasteiger partial charge on any atom is 0.265 e. The van der Waals surface area contributed by atoms with Gasteiger partial charge in [-0.2, -0.15) is 0 Å². The molecule has 0 fully saturated rings. The Morgan fingerprint density at radius 3 is 2.31 bits per heavy atom. The molecule has 0 aliphatic rings. The van der Waals surface area contributed by atoms with Crippen LogP contribution in [0.5, 0.6) is 0 Å². The first-order valence-electron chi connectivity index (χ1n) is 10.8. The number of methoxy groups -OCH3 is 1. The van der Waals surface area contributed by atoms with Crippen LogP contribution in [0.2, 0.25) is 0 Å². The molecule has 3 aromatic heterocycles. The van der Waals surface area contributed by atoms with Crippen LogP contribution in [0.15, 0.2) is 53.3 Å². The molecule has 0 aliphatic heterocycles. The van der Waals surface area contributed by atoms with Crippen LogP contribution in [-0.2, 0) is 17.8 Å². The number of hydrogen-bond acceptors (Lipinski definition) is 5. The molecule has 0 radical (unpaired) electrons. The van der Waals surface area contributed by atoms with Gasteiger partial charge < -0.3 is 9.30 Å². The van der Waals surface area contributed by atoms with E-state index in [2.05, 4.69) is 19.1 Å². The molecule has 7 heteroatoms. The molecule has 162 valence electrons. The predicted molar refractivity (Wildman–Crippen MR) is 126 cm³/mol. The summed E-state index contributed by atoms with van der Waals surface area (Å²) >= 11 is 0. The topological polar surface area (TPSA) is 74.8 Å². The second kappa shape index (κ2) is 8.16. The SMILES string of the molecule is COCCCn1c2nc3ccccc3nc2c2c(=O)n(Cc3ccc(C)cc3)c(C)nc21. The van der Waals surface area contributed by atoms with Gasteiger partial charge in [0, 0.05) is 20.3 Å². The van der Waals surface area contributed by atoms with E-state index in [9.17, 15) is 4.79 Å². The van der Waals surface area contributed by atoms with Gasteiger partial charge in [0.25, 0.3) is 5.56 Å². The molecule has 32 heavy (non-hydrogen) atoms. The van der Waals surface area contributed by atoms with E-state index in [4.69, 9.17) is 19.7 Å². The Morgan fingerprint density at radius 1 is 0.875 bits per heavy atom. The molecule has 0 saturated heterocycles. The van der Waals surface area contributed by atoms with E-state index in [0.29, 0.717) is 47.7 Å². The molecule has 0 amide bonds. The van der Waals surface area contributed by atoms with E-state index in [1.165, 1.54) is 5.56 Å². The van der Waals surface area contributed by atoms with Crippen LogP contribution < -0.4 is 5.56 Å². The standard InChI is InChI=1S/C25H25N5O2/c1-16-9-11-18(12-10-16)15-30-17(2)26-23-21(25(30)31)22-24(29(23)13-6-14-32-3)28-20-8-5-4-7-19(20)27-22/h4-5,7-12H,6,13-15H2,1-3H3. The molecule has 0 aliphatic carbocycles. The molecular weight excluding hydrogens is 402 g/mol. The van der Waals surface area contributed by atoms with Crippen LogP contribution >= 0.6 is 0 Å². The van der Waals surface area contributed by atoms with Crippen molar-refractivity contribution in [2.45, 2.75) is 33.4 Å². The third-order valence-corrected chi connectivity index (χ3v) is 5.83. The van der Waals surface area contributed by atoms with Crippen LogP contribution in [0.1, 0.15) is 23.4 Å². The van der Waals surface area contributed by atoms with Gasteiger partial charge in [-0.3, -0.25) is 9.36 Å². The van der Waals surface area contributed by atoms with Crippen LogP contribution in [0, 0.1) is 13.8 Å². The summed E-state index contributed by atoms with van der Waals surface area (Å²) < 4.78 is 8.97. The van der Waals surface area contributed by atoms with Crippen molar-refractivity contribution in [3.63, 3.8) is 0 Å². The van der Waals surface area contributed by atoms with E-state index >= 15 is 0 Å². The molecule has 0 unspecified atom stereocenters. The lowest BCUT2D eigenvalue weighted by Crippen LogP contribution is -2.24. The molecule has 0 saturated carbocycles. The fraction of sp³-hybridized carbons (Fsp3) is 0.280. The zero-order chi connectivity index (χ0) is 22.2. The lowest BCUT2D eigenvalue weighted by Gasteiger charge is -2.11. The van der Waals surface area contributed by atoms with Crippen LogP contribution in [0.4, 0.5) is 0 Å². The minimum atomic E-state index is -0.0897. The van der Waals surface area contributed by atoms with Gasteiger partial charge in [0.05, 0.1) is 17.6 Å². The third-order valence-electron chi connectivity index (χ3n) is 5.83. The fourth-order valence-electron chi connectivity index (χ4n) is 4.14. The van der Waals surface area contributed by atoms with E-state index in [1.807, 2.05) is 47.9 Å². The van der Waals surface area contributed by atoms with Crippen molar-refractivity contribution < 1.29 is 4.74 Å². The van der Waals surface area contributed by atoms with Crippen molar-refractivity contribution in [2.24, 2.45) is 0 Å². The number of ether oxygens (including phenoxy) is 1. The molecular formula is C25H25N5O2. The van der Waals surface area contributed by atoms with Gasteiger partial charge in [0.15, 0.2) is 11.3 Å². The van der Waals surface area contributed by atoms with Gasteiger partial charge in [0.2, 0.25) is 0 Å². The molecule has 3 heterocycles. The van der Waals surface area contributed by atoms with Crippen molar-refractivity contribution in [3.05, 3.63) is 75.8 Å². The lowest BCUT2D eigenvalue weighted by molar-refractivity contribution is 0.191. The zero-order valence-corrected chi connectivity index (χ0v) is 18.5. The van der Waals surface area contributed by atoms with Crippen LogP contribution in [-0.4, -0.2) is 37.8 Å². The van der Waals surface area contributed by atoms with Gasteiger partial charge in [0.1, 0.15) is 16.7 Å². The van der Waals surface area contributed by atoms with Crippen molar-refractivity contribution in [1.29, 1.82) is 0 Å². The summed E-state index contributed by atoms with van der Waals surface area (Å²) in [5, 5.41) is 0.522. The third kappa shape index (κ3) is 3.44. The fourth-order valence-corrected chi connectivity index (χ4v) is 4.14. The van der Waals surface area contributed by atoms with Crippen molar-refractivity contribution in [3.8, 4) is 0 Å². The number of aromatic nitrogens is 5. The zero-order valence-electron chi connectivity index (χ0n) is 18.5. The smallest absolute Gasteiger partial charge is 0.265 e. The molecule has 5 aromatic rings. The summed E-state index contributed by atoms with van der Waals surface area (Å²) in [5.74, 6) is 0.670. The van der Waals surface area contributed by atoms with Gasteiger partial charge in [-0.05, 0) is 38.0 Å². The Bertz CT molecular complexity index is 1500. The Labute approximate surface area is 185 Å². The number of para-hydroxylation sites is 2. The minimum Gasteiger partial charge on any atom is -0.385 e. The summed E-state index contributed by atoms with van der Waals surface area (Å²) in [6, 6.07) is 15.9. The number of hydrogen-bond donors (Lipinski definition) is 0. The molecule has 5 rings (SSSR count). The molecule has 0 spiro atoms. The van der Waals surface area contributed by atoms with Crippen LogP contribution in [0.25, 0.3) is 33.2 Å². The van der Waals surface area contributed by atoms with E-state index in [-0.39, 0.29) is 5.56 Å². The number of nitrogens with zero attached hydrogens (tertiary/aromatic N) is 5. The highest BCUT2D eigenvalue weighted by Crippen LogP contribution is 2.26. The minimum absolute atomic E-state index is 0.0897. The second-order valence-corrected chi connectivity index (χ2v) is 8.12. The van der Waals surface area contributed by atoms with E-state index in [1.54, 1.807) is 11.7 Å². The quantitative estimate of drug-likeness (QED) is 0.383. The van der Waals surface area contributed by atoms with Gasteiger partial charge >= 0.3 is 0 Å². The summed E-state index contributed by atoms with van der Waals surface area (Å²) in [6.07, 6.45) is 0.789. The largest absolute Gasteiger partial charge is 0.385 e. The van der Waals surface area contributed by atoms with E-state index in [0.717, 1.165) is 23.0 Å². The average molecular weight is 428 g/mol. The highest BCUT2D eigenvalue weighted by molar-refractivity contribution is 6.04. The summed E-state index contributed by atoms with van der Waals surface area (Å²) in [4.78, 5) is 28.3. The molecule has 0 N–H and O–H groups in total. The number of fused-ring (bicyclic) bond motifs is 4. The number of benzene rings is 2. The normalized spacial score (nSPS) is 11.7. The summed E-state index contributed by atoms with van der Waals surface area (Å²) in [5.41, 5.74) is 5.64. The monoisotopic (exact) mass is 427 g/mol. The molecule has 7 nitrogen and oxygen atoms in total. The van der Waals surface area contributed by atoms with Gasteiger partial charge in [-0.1, -0.05) is 42.0 Å². The summed E-state index contributed by atoms with van der Waals surface area (Å²) in [7, 11) is 1.69. The van der Waals surface area contributed by atoms with Crippen molar-refractivity contribution in [2.75, 3.05) is 13.7 Å². The molecule has 0 bridgehead atoms. The second-order valence-electron chi connectivity index (χ2n) is 8.12. The lowest BCUT2D eigenvalue weighted by atomic mass is 10.1. The molecule has 0 atom stereocenters. The average Bonchev–Trinajstić information content (AvgIpc) is 3.09. The first-order valence-corrected chi connectivity index (χ1v) is 10.8. The van der Waals surface area contributed by atoms with Gasteiger partial charge in [-0.15, -0.1) is 0 Å². The number of rotatable bonds is 6. The Hall–Kier alpha value is -3.58. The van der Waals surface area contributed by atoms with E-state index < -0.39 is 0 Å². The van der Waals surface area contributed by atoms with Gasteiger partial charge in [-0.25, -0.2) is 15.0 Å². The first-order chi connectivity index (χ1) is 15.6. The highest BCUT2D eigenvalue weighted by atomic mass is 16.5. The number of aryl methyl sites for hydroxylation is 3. The first kappa shape index (κ1) is 20.3. The Kier molecular flexibility index (Phi) is 5.19.